The number of hydrogen-bond donors (Lipinski definition) is 1. The molecular weight excluding hydrogens is 268 g/mol. The van der Waals surface area contributed by atoms with Crippen molar-refractivity contribution in [1.82, 2.24) is 9.97 Å². The predicted molar refractivity (Wildman–Crippen MR) is 70.4 cm³/mol. The standard InChI is InChI=1S/C11H12N4O3S/c1-3-12-11-13-6-8(15(16)17)10(14-11)19-9-4-5-18-7(9)2/h4-6H,3H2,1-2H3,(H,12,13,14). The molecule has 0 aromatic carbocycles. The second-order valence-electron chi connectivity index (χ2n) is 3.61. The molecule has 0 aliphatic heterocycles. The average Bonchev–Trinajstić information content (AvgIpc) is 2.75. The minimum Gasteiger partial charge on any atom is -0.468 e. The highest BCUT2D eigenvalue weighted by molar-refractivity contribution is 7.99. The summed E-state index contributed by atoms with van der Waals surface area (Å²) in [4.78, 5) is 19.3. The van der Waals surface area contributed by atoms with Crippen LogP contribution in [0.15, 0.2) is 32.9 Å². The van der Waals surface area contributed by atoms with Gasteiger partial charge in [0.25, 0.3) is 0 Å². The first-order chi connectivity index (χ1) is 9.11. The van der Waals surface area contributed by atoms with Crippen LogP contribution >= 0.6 is 11.8 Å². The summed E-state index contributed by atoms with van der Waals surface area (Å²) < 4.78 is 5.17. The van der Waals surface area contributed by atoms with Gasteiger partial charge in [-0.3, -0.25) is 10.1 Å². The molecule has 1 N–H and O–H groups in total. The van der Waals surface area contributed by atoms with Crippen molar-refractivity contribution >= 4 is 23.4 Å². The molecule has 2 aromatic rings. The van der Waals surface area contributed by atoms with Gasteiger partial charge in [0, 0.05) is 6.54 Å². The lowest BCUT2D eigenvalue weighted by molar-refractivity contribution is -0.388. The number of hydrogen-bond acceptors (Lipinski definition) is 7. The molecule has 100 valence electrons. The van der Waals surface area contributed by atoms with E-state index in [0.717, 1.165) is 4.90 Å². The van der Waals surface area contributed by atoms with Crippen molar-refractivity contribution in [3.05, 3.63) is 34.4 Å². The average molecular weight is 280 g/mol. The number of nitrogens with one attached hydrogen (secondary N) is 1. The Morgan fingerprint density at radius 2 is 2.37 bits per heavy atom. The molecule has 7 nitrogen and oxygen atoms in total. The summed E-state index contributed by atoms with van der Waals surface area (Å²) in [6, 6.07) is 1.75. The number of nitro groups is 1. The van der Waals surface area contributed by atoms with Crippen molar-refractivity contribution in [2.75, 3.05) is 11.9 Å². The molecule has 0 amide bonds. The van der Waals surface area contributed by atoms with E-state index < -0.39 is 4.92 Å². The van der Waals surface area contributed by atoms with Crippen molar-refractivity contribution in [1.29, 1.82) is 0 Å². The maximum atomic E-state index is 11.0. The van der Waals surface area contributed by atoms with Crippen molar-refractivity contribution < 1.29 is 9.34 Å². The van der Waals surface area contributed by atoms with E-state index in [9.17, 15) is 10.1 Å². The van der Waals surface area contributed by atoms with Gasteiger partial charge in [0.15, 0.2) is 5.03 Å². The molecule has 0 aliphatic carbocycles. The summed E-state index contributed by atoms with van der Waals surface area (Å²) in [5.41, 5.74) is -0.118. The predicted octanol–water partition coefficient (Wildman–Crippen LogP) is 2.87. The third-order valence-electron chi connectivity index (χ3n) is 2.29. The van der Waals surface area contributed by atoms with Gasteiger partial charge < -0.3 is 9.73 Å². The van der Waals surface area contributed by atoms with Gasteiger partial charge in [0.2, 0.25) is 5.95 Å². The molecule has 0 radical (unpaired) electrons. The van der Waals surface area contributed by atoms with Gasteiger partial charge in [-0.05, 0) is 19.9 Å². The number of furan rings is 1. The first-order valence-corrected chi connectivity index (χ1v) is 6.40. The highest BCUT2D eigenvalue weighted by atomic mass is 32.2. The van der Waals surface area contributed by atoms with Gasteiger partial charge in [0.05, 0.1) is 16.1 Å². The van der Waals surface area contributed by atoms with Crippen LogP contribution in [0.1, 0.15) is 12.7 Å². The molecule has 0 saturated heterocycles. The Morgan fingerprint density at radius 3 is 2.95 bits per heavy atom. The van der Waals surface area contributed by atoms with E-state index in [1.165, 1.54) is 24.2 Å². The van der Waals surface area contributed by atoms with E-state index in [-0.39, 0.29) is 5.69 Å². The number of aryl methyl sites for hydroxylation is 1. The normalized spacial score (nSPS) is 10.4. The fraction of sp³-hybridized carbons (Fsp3) is 0.273. The summed E-state index contributed by atoms with van der Waals surface area (Å²) in [6.07, 6.45) is 2.75. The summed E-state index contributed by atoms with van der Waals surface area (Å²) in [7, 11) is 0. The van der Waals surface area contributed by atoms with Gasteiger partial charge >= 0.3 is 5.69 Å². The topological polar surface area (TPSA) is 94.1 Å². The molecule has 0 spiro atoms. The fourth-order valence-corrected chi connectivity index (χ4v) is 2.27. The van der Waals surface area contributed by atoms with Gasteiger partial charge in [-0.25, -0.2) is 4.98 Å². The molecule has 0 aliphatic rings. The Hall–Kier alpha value is -2.09. The first kappa shape index (κ1) is 13.3. The number of nitrogens with zero attached hydrogens (tertiary/aromatic N) is 3. The van der Waals surface area contributed by atoms with Gasteiger partial charge in [0.1, 0.15) is 12.0 Å². The lowest BCUT2D eigenvalue weighted by Crippen LogP contribution is -2.04. The number of anilines is 1. The second kappa shape index (κ2) is 5.70. The van der Waals surface area contributed by atoms with Crippen LogP contribution in [0.4, 0.5) is 11.6 Å². The van der Waals surface area contributed by atoms with Crippen molar-refractivity contribution in [2.24, 2.45) is 0 Å². The van der Waals surface area contributed by atoms with Crippen molar-refractivity contribution in [2.45, 2.75) is 23.8 Å². The quantitative estimate of drug-likeness (QED) is 0.511. The third-order valence-corrected chi connectivity index (χ3v) is 3.42. The SMILES string of the molecule is CCNc1ncc([N+](=O)[O-])c(Sc2ccoc2C)n1. The summed E-state index contributed by atoms with van der Waals surface area (Å²) in [5.74, 6) is 1.07. The molecule has 19 heavy (non-hydrogen) atoms. The molecule has 0 bridgehead atoms. The molecule has 0 saturated carbocycles. The van der Waals surface area contributed by atoms with E-state index in [1.54, 1.807) is 13.0 Å². The molecule has 2 heterocycles. The smallest absolute Gasteiger partial charge is 0.320 e. The number of rotatable bonds is 5. The molecule has 0 unspecified atom stereocenters. The van der Waals surface area contributed by atoms with E-state index >= 15 is 0 Å². The van der Waals surface area contributed by atoms with E-state index in [1.807, 2.05) is 6.92 Å². The Kier molecular flexibility index (Phi) is 4.00. The van der Waals surface area contributed by atoms with Crippen molar-refractivity contribution in [3.8, 4) is 0 Å². The minimum atomic E-state index is -0.493. The van der Waals surface area contributed by atoms with Crippen LogP contribution in [0.25, 0.3) is 0 Å². The van der Waals surface area contributed by atoms with E-state index in [4.69, 9.17) is 4.42 Å². The van der Waals surface area contributed by atoms with Gasteiger partial charge in [-0.1, -0.05) is 11.8 Å². The van der Waals surface area contributed by atoms with Crippen molar-refractivity contribution in [3.63, 3.8) is 0 Å². The molecular formula is C11H12N4O3S. The van der Waals surface area contributed by atoms with Crippen LogP contribution in [-0.2, 0) is 0 Å². The zero-order valence-electron chi connectivity index (χ0n) is 10.4. The fourth-order valence-electron chi connectivity index (χ4n) is 1.39. The first-order valence-electron chi connectivity index (χ1n) is 5.59. The third kappa shape index (κ3) is 3.02. The lowest BCUT2D eigenvalue weighted by Gasteiger charge is -2.04. The van der Waals surface area contributed by atoms with Crippen LogP contribution in [-0.4, -0.2) is 21.4 Å². The maximum Gasteiger partial charge on any atom is 0.320 e. The van der Waals surface area contributed by atoms with Crippen LogP contribution in [0.5, 0.6) is 0 Å². The highest BCUT2D eigenvalue weighted by Gasteiger charge is 2.19. The van der Waals surface area contributed by atoms with E-state index in [0.29, 0.717) is 23.3 Å². The minimum absolute atomic E-state index is 0.118. The molecule has 0 atom stereocenters. The van der Waals surface area contributed by atoms with Crippen LogP contribution in [0.2, 0.25) is 0 Å². The Labute approximate surface area is 113 Å². The summed E-state index contributed by atoms with van der Waals surface area (Å²) in [5, 5.41) is 14.2. The zero-order chi connectivity index (χ0) is 13.8. The molecule has 8 heteroatoms. The Balaban J connectivity index is 2.37. The lowest BCUT2D eigenvalue weighted by atomic mass is 10.5. The van der Waals surface area contributed by atoms with Crippen LogP contribution < -0.4 is 5.32 Å². The maximum absolute atomic E-state index is 11.0. The van der Waals surface area contributed by atoms with Gasteiger partial charge in [-0.2, -0.15) is 4.98 Å². The Bertz CT molecular complexity index is 599. The molecule has 2 aromatic heterocycles. The summed E-state index contributed by atoms with van der Waals surface area (Å²) >= 11 is 1.19. The largest absolute Gasteiger partial charge is 0.468 e. The highest BCUT2D eigenvalue weighted by Crippen LogP contribution is 2.35. The van der Waals surface area contributed by atoms with E-state index in [2.05, 4.69) is 15.3 Å². The molecule has 2 rings (SSSR count). The van der Waals surface area contributed by atoms with Gasteiger partial charge in [-0.15, -0.1) is 0 Å². The Morgan fingerprint density at radius 1 is 1.58 bits per heavy atom. The monoisotopic (exact) mass is 280 g/mol. The number of aromatic nitrogens is 2. The molecule has 0 fully saturated rings. The van der Waals surface area contributed by atoms with Crippen LogP contribution in [0.3, 0.4) is 0 Å². The second-order valence-corrected chi connectivity index (χ2v) is 4.65. The zero-order valence-corrected chi connectivity index (χ0v) is 11.2. The van der Waals surface area contributed by atoms with Crippen LogP contribution in [0, 0.1) is 17.0 Å². The summed E-state index contributed by atoms with van der Waals surface area (Å²) in [6.45, 7) is 4.34.